The van der Waals surface area contributed by atoms with Gasteiger partial charge in [0.15, 0.2) is 11.5 Å². The van der Waals surface area contributed by atoms with E-state index in [0.29, 0.717) is 18.0 Å². The Bertz CT molecular complexity index is 673. The van der Waals surface area contributed by atoms with Gasteiger partial charge in [0.2, 0.25) is 6.79 Å². The zero-order valence-corrected chi connectivity index (χ0v) is 14.4. The SMILES string of the molecule is O=C(NCCCN1CCOCC1)C(=O)N/N=C\c1ccc2c(c1)OCO2. The van der Waals surface area contributed by atoms with Crippen molar-refractivity contribution >= 4 is 18.0 Å². The number of nitrogens with zero attached hydrogens (tertiary/aromatic N) is 2. The number of fused-ring (bicyclic) bond motifs is 1. The molecule has 0 unspecified atom stereocenters. The standard InChI is InChI=1S/C17H22N4O5/c22-16(18-4-1-5-21-6-8-24-9-7-21)17(23)20-19-11-13-2-3-14-15(10-13)26-12-25-14/h2-3,10-11H,1,4-9,12H2,(H,18,22)(H,20,23)/b19-11-. The summed E-state index contributed by atoms with van der Waals surface area (Å²) in [4.78, 5) is 25.7. The van der Waals surface area contributed by atoms with Crippen LogP contribution in [0, 0.1) is 0 Å². The van der Waals surface area contributed by atoms with Crippen LogP contribution in [0.3, 0.4) is 0 Å². The molecule has 0 aromatic heterocycles. The van der Waals surface area contributed by atoms with E-state index in [1.54, 1.807) is 18.2 Å². The lowest BCUT2D eigenvalue weighted by atomic mass is 10.2. The quantitative estimate of drug-likeness (QED) is 0.312. The lowest BCUT2D eigenvalue weighted by Gasteiger charge is -2.26. The highest BCUT2D eigenvalue weighted by Crippen LogP contribution is 2.31. The number of morpholine rings is 1. The van der Waals surface area contributed by atoms with Crippen LogP contribution in [0.15, 0.2) is 23.3 Å². The van der Waals surface area contributed by atoms with E-state index in [9.17, 15) is 9.59 Å². The minimum Gasteiger partial charge on any atom is -0.454 e. The van der Waals surface area contributed by atoms with Gasteiger partial charge in [0.1, 0.15) is 0 Å². The van der Waals surface area contributed by atoms with Crippen LogP contribution in [0.5, 0.6) is 11.5 Å². The molecule has 1 aromatic rings. The van der Waals surface area contributed by atoms with E-state index in [2.05, 4.69) is 20.7 Å². The largest absolute Gasteiger partial charge is 0.454 e. The average Bonchev–Trinajstić information content (AvgIpc) is 3.13. The molecule has 9 heteroatoms. The molecule has 1 aromatic carbocycles. The normalized spacial score (nSPS) is 16.6. The predicted molar refractivity (Wildman–Crippen MR) is 93.2 cm³/mol. The van der Waals surface area contributed by atoms with Crippen LogP contribution < -0.4 is 20.2 Å². The van der Waals surface area contributed by atoms with Crippen LogP contribution in [0.2, 0.25) is 0 Å². The lowest BCUT2D eigenvalue weighted by Crippen LogP contribution is -2.40. The molecule has 0 atom stereocenters. The zero-order chi connectivity index (χ0) is 18.2. The fourth-order valence-electron chi connectivity index (χ4n) is 2.62. The summed E-state index contributed by atoms with van der Waals surface area (Å²) in [6, 6.07) is 5.27. The van der Waals surface area contributed by atoms with E-state index in [4.69, 9.17) is 14.2 Å². The Labute approximate surface area is 151 Å². The molecule has 9 nitrogen and oxygen atoms in total. The second-order valence-corrected chi connectivity index (χ2v) is 5.88. The minimum atomic E-state index is -0.798. The van der Waals surface area contributed by atoms with Gasteiger partial charge in [-0.1, -0.05) is 0 Å². The van der Waals surface area contributed by atoms with Crippen molar-refractivity contribution in [3.8, 4) is 11.5 Å². The van der Waals surface area contributed by atoms with Crippen LogP contribution in [-0.2, 0) is 14.3 Å². The first kappa shape index (κ1) is 18.2. The molecule has 2 aliphatic heterocycles. The molecule has 2 aliphatic rings. The first-order valence-electron chi connectivity index (χ1n) is 8.53. The molecule has 0 saturated carbocycles. The number of hydrogen-bond donors (Lipinski definition) is 2. The molecule has 2 heterocycles. The van der Waals surface area contributed by atoms with Crippen LogP contribution in [-0.4, -0.2) is 69.1 Å². The van der Waals surface area contributed by atoms with E-state index in [0.717, 1.165) is 44.8 Å². The first-order chi connectivity index (χ1) is 12.7. The van der Waals surface area contributed by atoms with Crippen molar-refractivity contribution in [3.63, 3.8) is 0 Å². The Hall–Kier alpha value is -2.65. The highest BCUT2D eigenvalue weighted by molar-refractivity contribution is 6.35. The minimum absolute atomic E-state index is 0.193. The Morgan fingerprint density at radius 3 is 2.81 bits per heavy atom. The van der Waals surface area contributed by atoms with Crippen molar-refractivity contribution in [1.82, 2.24) is 15.6 Å². The van der Waals surface area contributed by atoms with Crippen molar-refractivity contribution < 1.29 is 23.8 Å². The van der Waals surface area contributed by atoms with Crippen LogP contribution in [0.25, 0.3) is 0 Å². The number of amides is 2. The van der Waals surface area contributed by atoms with Gasteiger partial charge in [-0.2, -0.15) is 5.10 Å². The van der Waals surface area contributed by atoms with Gasteiger partial charge >= 0.3 is 11.8 Å². The Kier molecular flexibility index (Phi) is 6.39. The molecule has 2 amide bonds. The molecule has 140 valence electrons. The fraction of sp³-hybridized carbons (Fsp3) is 0.471. The molecule has 0 bridgehead atoms. The monoisotopic (exact) mass is 362 g/mol. The molecule has 3 rings (SSSR count). The van der Waals surface area contributed by atoms with Gasteiger partial charge in [-0.05, 0) is 36.7 Å². The number of hydrazone groups is 1. The maximum Gasteiger partial charge on any atom is 0.329 e. The number of carbonyl (C=O) groups is 2. The molecule has 0 spiro atoms. The maximum absolute atomic E-state index is 11.7. The Morgan fingerprint density at radius 2 is 1.96 bits per heavy atom. The summed E-state index contributed by atoms with van der Waals surface area (Å²) >= 11 is 0. The second kappa shape index (κ2) is 9.16. The highest BCUT2D eigenvalue weighted by Gasteiger charge is 2.14. The number of carbonyl (C=O) groups excluding carboxylic acids is 2. The summed E-state index contributed by atoms with van der Waals surface area (Å²) in [6.45, 7) is 4.81. The third-order valence-electron chi connectivity index (χ3n) is 4.02. The fourth-order valence-corrected chi connectivity index (χ4v) is 2.62. The summed E-state index contributed by atoms with van der Waals surface area (Å²) in [7, 11) is 0. The number of hydrogen-bond acceptors (Lipinski definition) is 7. The molecule has 26 heavy (non-hydrogen) atoms. The lowest BCUT2D eigenvalue weighted by molar-refractivity contribution is -0.139. The summed E-state index contributed by atoms with van der Waals surface area (Å²) in [5.41, 5.74) is 2.93. The van der Waals surface area contributed by atoms with Crippen LogP contribution in [0.4, 0.5) is 0 Å². The molecule has 2 N–H and O–H groups in total. The van der Waals surface area contributed by atoms with E-state index < -0.39 is 11.8 Å². The van der Waals surface area contributed by atoms with Crippen LogP contribution >= 0.6 is 0 Å². The van der Waals surface area contributed by atoms with Crippen molar-refractivity contribution in [2.45, 2.75) is 6.42 Å². The molecular formula is C17H22N4O5. The summed E-state index contributed by atoms with van der Waals surface area (Å²) in [5, 5.41) is 6.37. The average molecular weight is 362 g/mol. The molecule has 1 saturated heterocycles. The summed E-state index contributed by atoms with van der Waals surface area (Å²) in [6.07, 6.45) is 2.21. The smallest absolute Gasteiger partial charge is 0.329 e. The summed E-state index contributed by atoms with van der Waals surface area (Å²) in [5.74, 6) is -0.205. The Balaban J connectivity index is 1.34. The second-order valence-electron chi connectivity index (χ2n) is 5.88. The van der Waals surface area contributed by atoms with E-state index in [1.807, 2.05) is 0 Å². The molecule has 1 fully saturated rings. The van der Waals surface area contributed by atoms with Crippen molar-refractivity contribution in [1.29, 1.82) is 0 Å². The number of rotatable bonds is 6. The summed E-state index contributed by atoms with van der Waals surface area (Å²) < 4.78 is 15.7. The molecular weight excluding hydrogens is 340 g/mol. The molecule has 0 aliphatic carbocycles. The van der Waals surface area contributed by atoms with E-state index in [1.165, 1.54) is 6.21 Å². The zero-order valence-electron chi connectivity index (χ0n) is 14.4. The maximum atomic E-state index is 11.7. The van der Waals surface area contributed by atoms with Gasteiger partial charge in [0, 0.05) is 19.6 Å². The van der Waals surface area contributed by atoms with Gasteiger partial charge in [0.05, 0.1) is 19.4 Å². The third kappa shape index (κ3) is 5.17. The van der Waals surface area contributed by atoms with E-state index in [-0.39, 0.29) is 6.79 Å². The van der Waals surface area contributed by atoms with Crippen molar-refractivity contribution in [2.75, 3.05) is 46.2 Å². The number of benzene rings is 1. The van der Waals surface area contributed by atoms with Gasteiger partial charge in [-0.25, -0.2) is 5.43 Å². The topological polar surface area (TPSA) is 101 Å². The van der Waals surface area contributed by atoms with Crippen molar-refractivity contribution in [3.05, 3.63) is 23.8 Å². The van der Waals surface area contributed by atoms with Gasteiger partial charge in [-0.15, -0.1) is 0 Å². The first-order valence-corrected chi connectivity index (χ1v) is 8.53. The third-order valence-corrected chi connectivity index (χ3v) is 4.02. The number of nitrogens with one attached hydrogen (secondary N) is 2. The predicted octanol–water partition coefficient (Wildman–Crippen LogP) is -0.296. The molecule has 0 radical (unpaired) electrons. The van der Waals surface area contributed by atoms with Gasteiger partial charge in [-0.3, -0.25) is 14.5 Å². The highest BCUT2D eigenvalue weighted by atomic mass is 16.7. The Morgan fingerprint density at radius 1 is 1.15 bits per heavy atom. The van der Waals surface area contributed by atoms with Gasteiger partial charge in [0.25, 0.3) is 0 Å². The van der Waals surface area contributed by atoms with Crippen molar-refractivity contribution in [2.24, 2.45) is 5.10 Å². The van der Waals surface area contributed by atoms with E-state index >= 15 is 0 Å². The number of ether oxygens (including phenoxy) is 3. The van der Waals surface area contributed by atoms with Gasteiger partial charge < -0.3 is 19.5 Å². The van der Waals surface area contributed by atoms with Crippen LogP contribution in [0.1, 0.15) is 12.0 Å².